The SMILES string of the molecule is CN=C(NCC(CC(C)C)N1CCOCC1)NC1CCN(C(C)C)CC1.I. The highest BCUT2D eigenvalue weighted by atomic mass is 127. The Morgan fingerprint density at radius 1 is 1.04 bits per heavy atom. The minimum Gasteiger partial charge on any atom is -0.379 e. The van der Waals surface area contributed by atoms with Gasteiger partial charge in [0.2, 0.25) is 0 Å². The maximum atomic E-state index is 5.53. The van der Waals surface area contributed by atoms with Crippen molar-refractivity contribution in [3.05, 3.63) is 0 Å². The summed E-state index contributed by atoms with van der Waals surface area (Å²) in [6.45, 7) is 16.3. The molecule has 0 spiro atoms. The van der Waals surface area contributed by atoms with Crippen LogP contribution in [0.15, 0.2) is 4.99 Å². The molecule has 0 bridgehead atoms. The fourth-order valence-corrected chi connectivity index (χ4v) is 4.01. The van der Waals surface area contributed by atoms with Crippen LogP contribution in [0.25, 0.3) is 0 Å². The van der Waals surface area contributed by atoms with Gasteiger partial charge in [0.15, 0.2) is 5.96 Å². The summed E-state index contributed by atoms with van der Waals surface area (Å²) in [4.78, 5) is 9.61. The van der Waals surface area contributed by atoms with E-state index >= 15 is 0 Å². The molecule has 160 valence electrons. The molecule has 2 heterocycles. The van der Waals surface area contributed by atoms with Crippen molar-refractivity contribution in [3.63, 3.8) is 0 Å². The van der Waals surface area contributed by atoms with Crippen LogP contribution < -0.4 is 10.6 Å². The van der Waals surface area contributed by atoms with Gasteiger partial charge in [-0.05, 0) is 39.0 Å². The van der Waals surface area contributed by atoms with E-state index in [4.69, 9.17) is 4.74 Å². The second kappa shape index (κ2) is 13.2. The highest BCUT2D eigenvalue weighted by Crippen LogP contribution is 2.14. The first-order chi connectivity index (χ1) is 12.5. The van der Waals surface area contributed by atoms with Crippen LogP contribution >= 0.6 is 24.0 Å². The number of hydrogen-bond acceptors (Lipinski definition) is 4. The van der Waals surface area contributed by atoms with E-state index < -0.39 is 0 Å². The molecule has 6 nitrogen and oxygen atoms in total. The topological polar surface area (TPSA) is 52.1 Å². The first-order valence-corrected chi connectivity index (χ1v) is 10.5. The zero-order chi connectivity index (χ0) is 18.9. The normalized spacial score (nSPS) is 22.0. The maximum Gasteiger partial charge on any atom is 0.191 e. The Labute approximate surface area is 183 Å². The molecule has 0 radical (unpaired) electrons. The number of ether oxygens (including phenoxy) is 1. The molecule has 27 heavy (non-hydrogen) atoms. The summed E-state index contributed by atoms with van der Waals surface area (Å²) in [5, 5.41) is 7.24. The van der Waals surface area contributed by atoms with E-state index in [1.165, 1.54) is 32.4 Å². The molecule has 1 unspecified atom stereocenters. The number of piperidine rings is 1. The van der Waals surface area contributed by atoms with Crippen LogP contribution in [0.2, 0.25) is 0 Å². The lowest BCUT2D eigenvalue weighted by atomic mass is 10.0. The van der Waals surface area contributed by atoms with E-state index in [9.17, 15) is 0 Å². The number of guanidine groups is 1. The Balaban J connectivity index is 0.00000364. The average Bonchev–Trinajstić information content (AvgIpc) is 2.64. The van der Waals surface area contributed by atoms with E-state index in [2.05, 4.69) is 53.1 Å². The van der Waals surface area contributed by atoms with E-state index in [-0.39, 0.29) is 24.0 Å². The Bertz CT molecular complexity index is 419. The van der Waals surface area contributed by atoms with Gasteiger partial charge in [-0.2, -0.15) is 0 Å². The van der Waals surface area contributed by atoms with Gasteiger partial charge >= 0.3 is 0 Å². The van der Waals surface area contributed by atoms with E-state index in [0.717, 1.165) is 38.8 Å². The Hall–Kier alpha value is -0.120. The minimum atomic E-state index is 0. The van der Waals surface area contributed by atoms with Crippen molar-refractivity contribution in [1.82, 2.24) is 20.4 Å². The summed E-state index contributed by atoms with van der Waals surface area (Å²) in [5.41, 5.74) is 0. The highest BCUT2D eigenvalue weighted by Gasteiger charge is 2.24. The van der Waals surface area contributed by atoms with Gasteiger partial charge in [0.25, 0.3) is 0 Å². The predicted molar refractivity (Wildman–Crippen MR) is 125 cm³/mol. The van der Waals surface area contributed by atoms with Crippen LogP contribution in [0.4, 0.5) is 0 Å². The zero-order valence-electron chi connectivity index (χ0n) is 18.0. The highest BCUT2D eigenvalue weighted by molar-refractivity contribution is 14.0. The molecule has 0 aromatic rings. The summed E-state index contributed by atoms with van der Waals surface area (Å²) in [6, 6.07) is 1.72. The standard InChI is InChI=1S/C20H41N5O.HI/c1-16(2)14-19(25-10-12-26-13-11-25)15-22-20(21-5)23-18-6-8-24(9-7-18)17(3)4;/h16-19H,6-15H2,1-5H3,(H2,21,22,23);1H. The molecular weight excluding hydrogens is 453 g/mol. The number of nitrogens with zero attached hydrogens (tertiary/aromatic N) is 3. The van der Waals surface area contributed by atoms with E-state index in [1.807, 2.05) is 7.05 Å². The Morgan fingerprint density at radius 3 is 2.19 bits per heavy atom. The van der Waals surface area contributed by atoms with Crippen LogP contribution in [-0.2, 0) is 4.74 Å². The number of hydrogen-bond donors (Lipinski definition) is 2. The zero-order valence-corrected chi connectivity index (χ0v) is 20.4. The first kappa shape index (κ1) is 24.9. The summed E-state index contributed by atoms with van der Waals surface area (Å²) in [7, 11) is 1.88. The van der Waals surface area contributed by atoms with Gasteiger partial charge in [-0.15, -0.1) is 24.0 Å². The summed E-state index contributed by atoms with van der Waals surface area (Å²) in [6.07, 6.45) is 3.59. The lowest BCUT2D eigenvalue weighted by molar-refractivity contribution is 0.0132. The number of nitrogens with one attached hydrogen (secondary N) is 2. The van der Waals surface area contributed by atoms with Gasteiger partial charge in [0.1, 0.15) is 0 Å². The molecule has 1 atom stereocenters. The van der Waals surface area contributed by atoms with Crippen LogP contribution in [-0.4, -0.2) is 86.9 Å². The molecule has 2 aliphatic heterocycles. The number of morpholine rings is 1. The molecule has 2 saturated heterocycles. The lowest BCUT2D eigenvalue weighted by Gasteiger charge is -2.37. The van der Waals surface area contributed by atoms with Gasteiger partial charge in [-0.3, -0.25) is 9.89 Å². The number of likely N-dealkylation sites (tertiary alicyclic amines) is 1. The third-order valence-electron chi connectivity index (χ3n) is 5.63. The molecule has 2 fully saturated rings. The fourth-order valence-electron chi connectivity index (χ4n) is 4.01. The Kier molecular flexibility index (Phi) is 12.2. The summed E-state index contributed by atoms with van der Waals surface area (Å²) < 4.78 is 5.53. The fraction of sp³-hybridized carbons (Fsp3) is 0.950. The molecule has 0 aromatic heterocycles. The average molecular weight is 495 g/mol. The molecule has 2 aliphatic rings. The van der Waals surface area contributed by atoms with Crippen LogP contribution in [0.5, 0.6) is 0 Å². The van der Waals surface area contributed by atoms with Crippen molar-refractivity contribution in [2.45, 2.75) is 65.1 Å². The number of rotatable bonds is 7. The van der Waals surface area contributed by atoms with Crippen molar-refractivity contribution in [1.29, 1.82) is 0 Å². The van der Waals surface area contributed by atoms with Crippen LogP contribution in [0, 0.1) is 5.92 Å². The van der Waals surface area contributed by atoms with Crippen molar-refractivity contribution in [3.8, 4) is 0 Å². The molecule has 0 amide bonds. The van der Waals surface area contributed by atoms with Crippen LogP contribution in [0.1, 0.15) is 47.0 Å². The number of halogens is 1. The van der Waals surface area contributed by atoms with Gasteiger partial charge < -0.3 is 20.3 Å². The number of aliphatic imine (C=N–C) groups is 1. The minimum absolute atomic E-state index is 0. The largest absolute Gasteiger partial charge is 0.379 e. The Morgan fingerprint density at radius 2 is 1.67 bits per heavy atom. The maximum absolute atomic E-state index is 5.53. The van der Waals surface area contributed by atoms with Crippen molar-refractivity contribution in [2.24, 2.45) is 10.9 Å². The molecule has 2 N–H and O–H groups in total. The second-order valence-electron chi connectivity index (χ2n) is 8.43. The quantitative estimate of drug-likeness (QED) is 0.323. The summed E-state index contributed by atoms with van der Waals surface area (Å²) in [5.74, 6) is 1.65. The predicted octanol–water partition coefficient (Wildman–Crippen LogP) is 2.39. The molecule has 2 rings (SSSR count). The van der Waals surface area contributed by atoms with Gasteiger partial charge in [-0.25, -0.2) is 0 Å². The van der Waals surface area contributed by atoms with E-state index in [0.29, 0.717) is 24.0 Å². The monoisotopic (exact) mass is 495 g/mol. The molecule has 0 aromatic carbocycles. The van der Waals surface area contributed by atoms with Gasteiger partial charge in [0, 0.05) is 57.9 Å². The van der Waals surface area contributed by atoms with Crippen molar-refractivity contribution in [2.75, 3.05) is 53.0 Å². The second-order valence-corrected chi connectivity index (χ2v) is 8.43. The molecular formula is C20H42IN5O. The summed E-state index contributed by atoms with van der Waals surface area (Å²) >= 11 is 0. The van der Waals surface area contributed by atoms with Crippen molar-refractivity contribution >= 4 is 29.9 Å². The molecule has 0 saturated carbocycles. The smallest absolute Gasteiger partial charge is 0.191 e. The van der Waals surface area contributed by atoms with Gasteiger partial charge in [0.05, 0.1) is 13.2 Å². The third-order valence-corrected chi connectivity index (χ3v) is 5.63. The van der Waals surface area contributed by atoms with Crippen molar-refractivity contribution < 1.29 is 4.74 Å². The third kappa shape index (κ3) is 8.83. The first-order valence-electron chi connectivity index (χ1n) is 10.5. The molecule has 7 heteroatoms. The van der Waals surface area contributed by atoms with Gasteiger partial charge in [-0.1, -0.05) is 13.8 Å². The lowest BCUT2D eigenvalue weighted by Crippen LogP contribution is -2.53. The van der Waals surface area contributed by atoms with Crippen LogP contribution in [0.3, 0.4) is 0 Å². The molecule has 0 aliphatic carbocycles. The van der Waals surface area contributed by atoms with E-state index in [1.54, 1.807) is 0 Å².